The number of halogens is 1. The molecule has 0 saturated carbocycles. The number of hydrogen-bond acceptors (Lipinski definition) is 3. The zero-order valence-corrected chi connectivity index (χ0v) is 14.0. The minimum Gasteiger partial charge on any atom is -0.273 e. The van der Waals surface area contributed by atoms with Gasteiger partial charge in [-0.1, -0.05) is 48.5 Å². The van der Waals surface area contributed by atoms with Crippen molar-refractivity contribution in [2.75, 3.05) is 4.90 Å². The second kappa shape index (κ2) is 6.49. The molecule has 1 heterocycles. The quantitative estimate of drug-likeness (QED) is 0.560. The summed E-state index contributed by atoms with van der Waals surface area (Å²) >= 11 is 0. The highest BCUT2D eigenvalue weighted by molar-refractivity contribution is 6.40. The Morgan fingerprint density at radius 1 is 0.852 bits per heavy atom. The number of carbonyl (C=O) groups excluding carboxylic acids is 3. The first kappa shape index (κ1) is 16.7. The van der Waals surface area contributed by atoms with E-state index in [1.54, 1.807) is 24.3 Å². The van der Waals surface area contributed by atoms with Crippen LogP contribution in [-0.4, -0.2) is 17.8 Å². The summed E-state index contributed by atoms with van der Waals surface area (Å²) in [6, 6.07) is 17.1. The highest BCUT2D eigenvalue weighted by atomic mass is 19.1. The number of carbonyl (C=O) groups is 3. The fourth-order valence-electron chi connectivity index (χ4n) is 3.01. The molecule has 0 atom stereocenters. The van der Waals surface area contributed by atoms with Crippen LogP contribution in [0.15, 0.2) is 72.3 Å². The molecule has 5 nitrogen and oxygen atoms in total. The van der Waals surface area contributed by atoms with Gasteiger partial charge >= 0.3 is 6.03 Å². The molecule has 132 valence electrons. The Morgan fingerprint density at radius 3 is 2.33 bits per heavy atom. The molecule has 0 spiro atoms. The Bertz CT molecular complexity index is 1110. The van der Waals surface area contributed by atoms with E-state index < -0.39 is 23.7 Å². The lowest BCUT2D eigenvalue weighted by atomic mass is 10.0. The van der Waals surface area contributed by atoms with Crippen LogP contribution in [0.3, 0.4) is 0 Å². The van der Waals surface area contributed by atoms with E-state index >= 15 is 0 Å². The Morgan fingerprint density at radius 2 is 1.56 bits per heavy atom. The van der Waals surface area contributed by atoms with Crippen LogP contribution in [0.1, 0.15) is 5.56 Å². The molecule has 3 aromatic carbocycles. The van der Waals surface area contributed by atoms with Gasteiger partial charge in [0.05, 0.1) is 5.69 Å². The van der Waals surface area contributed by atoms with Gasteiger partial charge in [0, 0.05) is 5.39 Å². The summed E-state index contributed by atoms with van der Waals surface area (Å²) in [5.41, 5.74) is 0.657. The lowest BCUT2D eigenvalue weighted by Gasteiger charge is -2.27. The van der Waals surface area contributed by atoms with Crippen molar-refractivity contribution in [3.05, 3.63) is 83.7 Å². The van der Waals surface area contributed by atoms with Crippen LogP contribution in [0, 0.1) is 5.82 Å². The highest BCUT2D eigenvalue weighted by Crippen LogP contribution is 2.29. The molecular formula is C21H13FN2O3. The van der Waals surface area contributed by atoms with Crippen molar-refractivity contribution in [2.24, 2.45) is 0 Å². The van der Waals surface area contributed by atoms with E-state index in [2.05, 4.69) is 5.32 Å². The lowest BCUT2D eigenvalue weighted by molar-refractivity contribution is -0.122. The normalized spacial score (nSPS) is 16.1. The van der Waals surface area contributed by atoms with Gasteiger partial charge in [0.25, 0.3) is 11.8 Å². The summed E-state index contributed by atoms with van der Waals surface area (Å²) in [6.45, 7) is 0. The molecule has 27 heavy (non-hydrogen) atoms. The number of rotatable bonds is 2. The Kier molecular flexibility index (Phi) is 4.01. The average Bonchev–Trinajstić information content (AvgIpc) is 2.66. The van der Waals surface area contributed by atoms with Crippen LogP contribution in [0.25, 0.3) is 16.8 Å². The number of amides is 4. The van der Waals surface area contributed by atoms with Gasteiger partial charge in [0.2, 0.25) is 0 Å². The minimum atomic E-state index is -0.808. The topological polar surface area (TPSA) is 66.5 Å². The van der Waals surface area contributed by atoms with Crippen molar-refractivity contribution in [1.82, 2.24) is 5.32 Å². The van der Waals surface area contributed by atoms with E-state index in [9.17, 15) is 18.8 Å². The molecule has 1 saturated heterocycles. The number of nitrogens with zero attached hydrogens (tertiary/aromatic N) is 1. The van der Waals surface area contributed by atoms with E-state index in [1.165, 1.54) is 30.3 Å². The number of hydrogen-bond donors (Lipinski definition) is 1. The maximum Gasteiger partial charge on any atom is 0.335 e. The number of benzene rings is 3. The number of anilines is 1. The fourth-order valence-corrected chi connectivity index (χ4v) is 3.01. The van der Waals surface area contributed by atoms with Gasteiger partial charge in [-0.05, 0) is 35.2 Å². The molecule has 1 fully saturated rings. The van der Waals surface area contributed by atoms with E-state index in [1.807, 2.05) is 18.2 Å². The Hall–Kier alpha value is -3.80. The van der Waals surface area contributed by atoms with Gasteiger partial charge in [-0.15, -0.1) is 0 Å². The number of imide groups is 2. The molecule has 0 aliphatic carbocycles. The number of urea groups is 1. The first-order chi connectivity index (χ1) is 13.0. The van der Waals surface area contributed by atoms with Crippen molar-refractivity contribution >= 4 is 40.4 Å². The van der Waals surface area contributed by atoms with Gasteiger partial charge in [-0.25, -0.2) is 14.1 Å². The average molecular weight is 360 g/mol. The minimum absolute atomic E-state index is 0.200. The first-order valence-electron chi connectivity index (χ1n) is 8.19. The maximum absolute atomic E-state index is 13.1. The summed E-state index contributed by atoms with van der Waals surface area (Å²) in [6.07, 6.45) is 1.33. The summed E-state index contributed by atoms with van der Waals surface area (Å²) in [5, 5.41) is 3.75. The molecule has 3 aromatic rings. The second-order valence-electron chi connectivity index (χ2n) is 6.01. The third-order valence-corrected chi connectivity index (χ3v) is 4.29. The molecule has 0 radical (unpaired) electrons. The second-order valence-corrected chi connectivity index (χ2v) is 6.01. The van der Waals surface area contributed by atoms with Crippen molar-refractivity contribution in [3.8, 4) is 0 Å². The Labute approximate surface area is 153 Å². The van der Waals surface area contributed by atoms with Gasteiger partial charge in [0.15, 0.2) is 0 Å². The molecule has 1 aliphatic heterocycles. The number of barbiturate groups is 1. The largest absolute Gasteiger partial charge is 0.335 e. The molecular weight excluding hydrogens is 347 g/mol. The van der Waals surface area contributed by atoms with Crippen LogP contribution < -0.4 is 10.2 Å². The first-order valence-corrected chi connectivity index (χ1v) is 8.19. The van der Waals surface area contributed by atoms with Crippen molar-refractivity contribution < 1.29 is 18.8 Å². The van der Waals surface area contributed by atoms with Crippen molar-refractivity contribution in [3.63, 3.8) is 0 Å². The molecule has 4 rings (SSSR count). The highest BCUT2D eigenvalue weighted by Gasteiger charge is 2.37. The zero-order valence-electron chi connectivity index (χ0n) is 14.0. The Balaban J connectivity index is 1.81. The van der Waals surface area contributed by atoms with Crippen LogP contribution in [0.2, 0.25) is 0 Å². The zero-order chi connectivity index (χ0) is 19.0. The van der Waals surface area contributed by atoms with Crippen molar-refractivity contribution in [2.45, 2.75) is 0 Å². The third-order valence-electron chi connectivity index (χ3n) is 4.29. The van der Waals surface area contributed by atoms with Crippen LogP contribution in [0.5, 0.6) is 0 Å². The number of nitrogens with one attached hydrogen (secondary N) is 1. The predicted octanol–water partition coefficient (Wildman–Crippen LogP) is 3.65. The maximum atomic E-state index is 13.1. The standard InChI is InChI=1S/C21H13FN2O3/c22-15-10-8-13(9-11-15)12-17-19(25)23-21(27)24(20(17)26)18-7-3-5-14-4-1-2-6-16(14)18/h1-12H,(H,23,25,27)/b17-12+. The van der Waals surface area contributed by atoms with Gasteiger partial charge in [-0.2, -0.15) is 0 Å². The molecule has 0 aromatic heterocycles. The lowest BCUT2D eigenvalue weighted by Crippen LogP contribution is -2.54. The van der Waals surface area contributed by atoms with Crippen molar-refractivity contribution in [1.29, 1.82) is 0 Å². The van der Waals surface area contributed by atoms with Gasteiger partial charge in [0.1, 0.15) is 11.4 Å². The summed E-state index contributed by atoms with van der Waals surface area (Å²) in [5.74, 6) is -1.95. The third kappa shape index (κ3) is 2.97. The predicted molar refractivity (Wildman–Crippen MR) is 99.3 cm³/mol. The van der Waals surface area contributed by atoms with E-state index in [4.69, 9.17) is 0 Å². The summed E-state index contributed by atoms with van der Waals surface area (Å²) in [7, 11) is 0. The summed E-state index contributed by atoms with van der Waals surface area (Å²) < 4.78 is 13.1. The molecule has 6 heteroatoms. The van der Waals surface area contributed by atoms with E-state index in [-0.39, 0.29) is 5.57 Å². The monoisotopic (exact) mass is 360 g/mol. The smallest absolute Gasteiger partial charge is 0.273 e. The summed E-state index contributed by atoms with van der Waals surface area (Å²) in [4.78, 5) is 38.5. The van der Waals surface area contributed by atoms with Crippen LogP contribution >= 0.6 is 0 Å². The van der Waals surface area contributed by atoms with Crippen LogP contribution in [0.4, 0.5) is 14.9 Å². The van der Waals surface area contributed by atoms with Crippen LogP contribution in [-0.2, 0) is 9.59 Å². The van der Waals surface area contributed by atoms with E-state index in [0.29, 0.717) is 16.6 Å². The van der Waals surface area contributed by atoms with Gasteiger partial charge < -0.3 is 0 Å². The fraction of sp³-hybridized carbons (Fsp3) is 0. The SMILES string of the molecule is O=C1NC(=O)N(c2cccc3ccccc23)C(=O)/C1=C/c1ccc(F)cc1. The number of fused-ring (bicyclic) bond motifs is 1. The van der Waals surface area contributed by atoms with E-state index in [0.717, 1.165) is 10.3 Å². The molecule has 4 amide bonds. The molecule has 1 aliphatic rings. The van der Waals surface area contributed by atoms with Gasteiger partial charge in [-0.3, -0.25) is 14.9 Å². The molecule has 0 bridgehead atoms. The molecule has 0 unspecified atom stereocenters. The molecule has 1 N–H and O–H groups in total.